The van der Waals surface area contributed by atoms with E-state index in [4.69, 9.17) is 5.73 Å². The van der Waals surface area contributed by atoms with E-state index in [1.807, 2.05) is 20.8 Å². The zero-order valence-corrected chi connectivity index (χ0v) is 10.6. The van der Waals surface area contributed by atoms with Gasteiger partial charge in [0.05, 0.1) is 5.60 Å². The van der Waals surface area contributed by atoms with Crippen LogP contribution in [0.2, 0.25) is 0 Å². The minimum absolute atomic E-state index is 0.620. The lowest BCUT2D eigenvalue weighted by Crippen LogP contribution is -2.53. The molecule has 0 aromatic heterocycles. The number of hydrogen-bond donors (Lipinski definition) is 2. The molecule has 94 valence electrons. The van der Waals surface area contributed by atoms with Gasteiger partial charge < -0.3 is 15.7 Å². The van der Waals surface area contributed by atoms with Crippen molar-refractivity contribution in [2.24, 2.45) is 10.7 Å². The Kier molecular flexibility index (Phi) is 4.56. The molecule has 1 fully saturated rings. The molecule has 0 aliphatic carbocycles. The molecule has 0 amide bonds. The molecule has 1 rings (SSSR count). The molecule has 5 nitrogen and oxygen atoms in total. The molecule has 0 saturated carbocycles. The number of rotatable bonds is 3. The minimum atomic E-state index is -0.620. The number of β-amino-alcohol motifs (C(OH)–C–C–N with tert-alkyl or cyclic N) is 1. The fraction of sp³-hybridized carbons (Fsp3) is 0.909. The molecule has 0 atom stereocenters. The van der Waals surface area contributed by atoms with Crippen molar-refractivity contribution in [2.75, 3.05) is 39.3 Å². The largest absolute Gasteiger partial charge is 0.389 e. The predicted octanol–water partition coefficient (Wildman–Crippen LogP) is -0.290. The van der Waals surface area contributed by atoms with E-state index < -0.39 is 5.60 Å². The second-order valence-corrected chi connectivity index (χ2v) is 4.91. The van der Waals surface area contributed by atoms with Crippen LogP contribution in [0.5, 0.6) is 0 Å². The summed E-state index contributed by atoms with van der Waals surface area (Å²) in [7, 11) is 0. The van der Waals surface area contributed by atoms with Crippen molar-refractivity contribution in [2.45, 2.75) is 26.4 Å². The maximum atomic E-state index is 9.73. The molecule has 0 radical (unpaired) electrons. The van der Waals surface area contributed by atoms with Gasteiger partial charge in [0.2, 0.25) is 0 Å². The smallest absolute Gasteiger partial charge is 0.191 e. The van der Waals surface area contributed by atoms with Gasteiger partial charge in [0.15, 0.2) is 5.96 Å². The Hall–Kier alpha value is -0.810. The molecule has 16 heavy (non-hydrogen) atoms. The van der Waals surface area contributed by atoms with Crippen LogP contribution in [0.3, 0.4) is 0 Å². The van der Waals surface area contributed by atoms with Gasteiger partial charge in [-0.15, -0.1) is 0 Å². The lowest BCUT2D eigenvalue weighted by molar-refractivity contribution is 0.0250. The highest BCUT2D eigenvalue weighted by atomic mass is 16.3. The molecule has 5 heteroatoms. The summed E-state index contributed by atoms with van der Waals surface area (Å²) < 4.78 is 0. The van der Waals surface area contributed by atoms with Crippen LogP contribution in [-0.4, -0.2) is 65.7 Å². The van der Waals surface area contributed by atoms with Crippen LogP contribution in [0, 0.1) is 0 Å². The molecule has 1 saturated heterocycles. The number of nitrogens with zero attached hydrogens (tertiary/aromatic N) is 3. The van der Waals surface area contributed by atoms with Gasteiger partial charge in [0.25, 0.3) is 0 Å². The first-order valence-corrected chi connectivity index (χ1v) is 5.92. The van der Waals surface area contributed by atoms with E-state index in [1.165, 1.54) is 0 Å². The van der Waals surface area contributed by atoms with Crippen LogP contribution in [0.4, 0.5) is 0 Å². The zero-order valence-electron chi connectivity index (χ0n) is 10.6. The Morgan fingerprint density at radius 3 is 2.31 bits per heavy atom. The fourth-order valence-electron chi connectivity index (χ4n) is 1.94. The standard InChI is InChI=1S/C11H24N4O/c1-4-13-10(12)15-7-5-14(6-8-15)9-11(2,3)16/h16H,4-9H2,1-3H3,(H2,12,13). The van der Waals surface area contributed by atoms with E-state index in [1.54, 1.807) is 0 Å². The minimum Gasteiger partial charge on any atom is -0.389 e. The van der Waals surface area contributed by atoms with Gasteiger partial charge in [-0.05, 0) is 20.8 Å². The summed E-state index contributed by atoms with van der Waals surface area (Å²) in [4.78, 5) is 8.56. The Morgan fingerprint density at radius 2 is 1.88 bits per heavy atom. The van der Waals surface area contributed by atoms with Crippen molar-refractivity contribution in [1.82, 2.24) is 9.80 Å². The first-order chi connectivity index (χ1) is 7.42. The first kappa shape index (κ1) is 13.3. The molecular weight excluding hydrogens is 204 g/mol. The van der Waals surface area contributed by atoms with Gasteiger partial charge >= 0.3 is 0 Å². The SMILES string of the molecule is CCN=C(N)N1CCN(CC(C)(C)O)CC1. The van der Waals surface area contributed by atoms with Gasteiger partial charge in [-0.25, -0.2) is 0 Å². The normalized spacial score (nSPS) is 20.2. The lowest BCUT2D eigenvalue weighted by atomic mass is 10.1. The van der Waals surface area contributed by atoms with Crippen LogP contribution < -0.4 is 5.73 Å². The highest BCUT2D eigenvalue weighted by molar-refractivity contribution is 5.78. The summed E-state index contributed by atoms with van der Waals surface area (Å²) in [6, 6.07) is 0. The highest BCUT2D eigenvalue weighted by Crippen LogP contribution is 2.08. The predicted molar refractivity (Wildman–Crippen MR) is 66.5 cm³/mol. The molecule has 0 spiro atoms. The Labute approximate surface area is 97.9 Å². The quantitative estimate of drug-likeness (QED) is 0.514. The maximum absolute atomic E-state index is 9.73. The van der Waals surface area contributed by atoms with Crippen LogP contribution >= 0.6 is 0 Å². The van der Waals surface area contributed by atoms with E-state index in [-0.39, 0.29) is 0 Å². The van der Waals surface area contributed by atoms with Gasteiger partial charge in [-0.2, -0.15) is 0 Å². The van der Waals surface area contributed by atoms with Crippen molar-refractivity contribution in [1.29, 1.82) is 0 Å². The number of hydrogen-bond acceptors (Lipinski definition) is 3. The number of aliphatic hydroxyl groups is 1. The van der Waals surface area contributed by atoms with Gasteiger partial charge in [0.1, 0.15) is 0 Å². The topological polar surface area (TPSA) is 65.1 Å². The molecule has 3 N–H and O–H groups in total. The lowest BCUT2D eigenvalue weighted by Gasteiger charge is -2.37. The van der Waals surface area contributed by atoms with Crippen molar-refractivity contribution in [3.8, 4) is 0 Å². The number of aliphatic imine (C=N–C) groups is 1. The summed E-state index contributed by atoms with van der Waals surface area (Å²) >= 11 is 0. The zero-order chi connectivity index (χ0) is 12.2. The second kappa shape index (κ2) is 5.50. The second-order valence-electron chi connectivity index (χ2n) is 4.91. The molecule has 0 aromatic rings. The summed E-state index contributed by atoms with van der Waals surface area (Å²) in [5.41, 5.74) is 5.22. The maximum Gasteiger partial charge on any atom is 0.191 e. The number of nitrogens with two attached hydrogens (primary N) is 1. The number of piperazine rings is 1. The Morgan fingerprint density at radius 1 is 1.31 bits per heavy atom. The van der Waals surface area contributed by atoms with Crippen molar-refractivity contribution in [3.05, 3.63) is 0 Å². The average Bonchev–Trinajstić information content (AvgIpc) is 2.16. The first-order valence-electron chi connectivity index (χ1n) is 5.92. The number of guanidine groups is 1. The summed E-state index contributed by atoms with van der Waals surface area (Å²) in [6.07, 6.45) is 0. The monoisotopic (exact) mass is 228 g/mol. The Balaban J connectivity index is 2.37. The third kappa shape index (κ3) is 4.37. The van der Waals surface area contributed by atoms with E-state index in [9.17, 15) is 5.11 Å². The average molecular weight is 228 g/mol. The molecular formula is C11H24N4O. The molecule has 0 unspecified atom stereocenters. The van der Waals surface area contributed by atoms with Crippen LogP contribution in [-0.2, 0) is 0 Å². The van der Waals surface area contributed by atoms with Crippen molar-refractivity contribution in [3.63, 3.8) is 0 Å². The Bertz CT molecular complexity index is 239. The van der Waals surface area contributed by atoms with Gasteiger partial charge in [0, 0.05) is 39.3 Å². The summed E-state index contributed by atoms with van der Waals surface area (Å²) in [5, 5.41) is 9.73. The third-order valence-corrected chi connectivity index (χ3v) is 2.63. The summed E-state index contributed by atoms with van der Waals surface area (Å²) in [5.74, 6) is 0.644. The van der Waals surface area contributed by atoms with E-state index in [2.05, 4.69) is 14.8 Å². The van der Waals surface area contributed by atoms with E-state index in [0.717, 1.165) is 32.7 Å². The van der Waals surface area contributed by atoms with Crippen LogP contribution in [0.15, 0.2) is 4.99 Å². The highest BCUT2D eigenvalue weighted by Gasteiger charge is 2.23. The van der Waals surface area contributed by atoms with Gasteiger partial charge in [-0.3, -0.25) is 9.89 Å². The third-order valence-electron chi connectivity index (χ3n) is 2.63. The van der Waals surface area contributed by atoms with Gasteiger partial charge in [-0.1, -0.05) is 0 Å². The van der Waals surface area contributed by atoms with Crippen molar-refractivity contribution >= 4 is 5.96 Å². The van der Waals surface area contributed by atoms with E-state index >= 15 is 0 Å². The van der Waals surface area contributed by atoms with E-state index in [0.29, 0.717) is 12.5 Å². The molecule has 1 aliphatic heterocycles. The molecule has 0 aromatic carbocycles. The molecule has 0 bridgehead atoms. The van der Waals surface area contributed by atoms with Crippen LogP contribution in [0.1, 0.15) is 20.8 Å². The summed E-state index contributed by atoms with van der Waals surface area (Å²) in [6.45, 7) is 10.8. The molecule has 1 heterocycles. The molecule has 1 aliphatic rings. The van der Waals surface area contributed by atoms with Crippen molar-refractivity contribution < 1.29 is 5.11 Å². The fourth-order valence-corrected chi connectivity index (χ4v) is 1.94. The van der Waals surface area contributed by atoms with Crippen LogP contribution in [0.25, 0.3) is 0 Å².